The quantitative estimate of drug-likeness (QED) is 0.856. The number of sulfonamides is 1. The van der Waals surface area contributed by atoms with E-state index in [-0.39, 0.29) is 10.7 Å². The van der Waals surface area contributed by atoms with Crippen LogP contribution in [0.1, 0.15) is 17.3 Å². The molecule has 20 heavy (non-hydrogen) atoms. The van der Waals surface area contributed by atoms with Crippen molar-refractivity contribution in [1.29, 1.82) is 0 Å². The predicted octanol–water partition coefficient (Wildman–Crippen LogP) is 3.45. The highest BCUT2D eigenvalue weighted by atomic mass is 79.9. The Bertz CT molecular complexity index is 739. The third-order valence-electron chi connectivity index (χ3n) is 2.65. The number of benzene rings is 2. The molecular formula is C14H12BrNO3S. The summed E-state index contributed by atoms with van der Waals surface area (Å²) in [6.45, 7) is 1.40. The van der Waals surface area contributed by atoms with E-state index in [1.807, 2.05) is 0 Å². The lowest BCUT2D eigenvalue weighted by Gasteiger charge is -2.08. The highest BCUT2D eigenvalue weighted by Crippen LogP contribution is 2.19. The molecule has 4 nitrogen and oxygen atoms in total. The maximum Gasteiger partial charge on any atom is 0.261 e. The van der Waals surface area contributed by atoms with Crippen LogP contribution in [0.4, 0.5) is 5.69 Å². The number of ketones is 1. The van der Waals surface area contributed by atoms with Gasteiger partial charge in [0.15, 0.2) is 5.78 Å². The topological polar surface area (TPSA) is 63.2 Å². The maximum atomic E-state index is 12.2. The average molecular weight is 354 g/mol. The first-order valence-electron chi connectivity index (χ1n) is 5.78. The van der Waals surface area contributed by atoms with Crippen molar-refractivity contribution in [3.8, 4) is 0 Å². The van der Waals surface area contributed by atoms with Gasteiger partial charge < -0.3 is 0 Å². The molecule has 0 saturated carbocycles. The van der Waals surface area contributed by atoms with Crippen LogP contribution in [0.5, 0.6) is 0 Å². The van der Waals surface area contributed by atoms with Crippen molar-refractivity contribution in [3.05, 3.63) is 58.6 Å². The van der Waals surface area contributed by atoms with Gasteiger partial charge in [-0.3, -0.25) is 9.52 Å². The molecule has 0 aliphatic heterocycles. The second kappa shape index (κ2) is 5.76. The number of hydrogen-bond acceptors (Lipinski definition) is 3. The van der Waals surface area contributed by atoms with Crippen LogP contribution in [0.3, 0.4) is 0 Å². The van der Waals surface area contributed by atoms with Crippen molar-refractivity contribution < 1.29 is 13.2 Å². The van der Waals surface area contributed by atoms with Gasteiger partial charge in [-0.05, 0) is 43.3 Å². The van der Waals surface area contributed by atoms with Crippen LogP contribution in [-0.4, -0.2) is 14.2 Å². The molecule has 0 spiro atoms. The van der Waals surface area contributed by atoms with Crippen molar-refractivity contribution in [1.82, 2.24) is 0 Å². The second-order valence-corrected chi connectivity index (χ2v) is 6.79. The molecule has 0 amide bonds. The molecule has 0 fully saturated rings. The number of carbonyl (C=O) groups is 1. The molecule has 6 heteroatoms. The third kappa shape index (κ3) is 3.46. The SMILES string of the molecule is CC(=O)c1cccc(S(=O)(=O)Nc2ccc(Br)cc2)c1. The lowest BCUT2D eigenvalue weighted by Crippen LogP contribution is -2.13. The third-order valence-corrected chi connectivity index (χ3v) is 4.55. The molecule has 0 bridgehead atoms. The van der Waals surface area contributed by atoms with E-state index >= 15 is 0 Å². The summed E-state index contributed by atoms with van der Waals surface area (Å²) in [5, 5.41) is 0. The molecular weight excluding hydrogens is 342 g/mol. The lowest BCUT2D eigenvalue weighted by atomic mass is 10.2. The Balaban J connectivity index is 2.33. The van der Waals surface area contributed by atoms with E-state index in [0.717, 1.165) is 4.47 Å². The van der Waals surface area contributed by atoms with Gasteiger partial charge in [0.25, 0.3) is 10.0 Å². The molecule has 0 aliphatic rings. The van der Waals surface area contributed by atoms with Crippen LogP contribution in [-0.2, 0) is 10.0 Å². The van der Waals surface area contributed by atoms with E-state index < -0.39 is 10.0 Å². The summed E-state index contributed by atoms with van der Waals surface area (Å²) in [6.07, 6.45) is 0. The van der Waals surface area contributed by atoms with Crippen LogP contribution in [0.2, 0.25) is 0 Å². The van der Waals surface area contributed by atoms with E-state index in [1.165, 1.54) is 19.1 Å². The molecule has 0 radical (unpaired) electrons. The number of anilines is 1. The Morgan fingerprint density at radius 1 is 1.10 bits per heavy atom. The predicted molar refractivity (Wildman–Crippen MR) is 81.4 cm³/mol. The number of carbonyl (C=O) groups excluding carboxylic acids is 1. The minimum absolute atomic E-state index is 0.0631. The van der Waals surface area contributed by atoms with Gasteiger partial charge >= 0.3 is 0 Å². The fourth-order valence-corrected chi connectivity index (χ4v) is 2.98. The average Bonchev–Trinajstić information content (AvgIpc) is 2.41. The largest absolute Gasteiger partial charge is 0.295 e. The van der Waals surface area contributed by atoms with Crippen LogP contribution < -0.4 is 4.72 Å². The van der Waals surface area contributed by atoms with Gasteiger partial charge in [-0.15, -0.1) is 0 Å². The molecule has 0 aromatic heterocycles. The van der Waals surface area contributed by atoms with Crippen molar-refractivity contribution in [2.45, 2.75) is 11.8 Å². The van der Waals surface area contributed by atoms with Gasteiger partial charge in [-0.2, -0.15) is 0 Å². The molecule has 0 saturated heterocycles. The first-order valence-corrected chi connectivity index (χ1v) is 8.05. The van der Waals surface area contributed by atoms with Crippen molar-refractivity contribution in [3.63, 3.8) is 0 Å². The normalized spacial score (nSPS) is 11.1. The summed E-state index contributed by atoms with van der Waals surface area (Å²) in [5.74, 6) is -0.175. The summed E-state index contributed by atoms with van der Waals surface area (Å²) >= 11 is 3.28. The summed E-state index contributed by atoms with van der Waals surface area (Å²) in [5.41, 5.74) is 0.824. The summed E-state index contributed by atoms with van der Waals surface area (Å²) in [6, 6.07) is 12.7. The number of nitrogens with one attached hydrogen (secondary N) is 1. The van der Waals surface area contributed by atoms with E-state index in [2.05, 4.69) is 20.7 Å². The highest BCUT2D eigenvalue weighted by molar-refractivity contribution is 9.10. The monoisotopic (exact) mass is 353 g/mol. The zero-order valence-corrected chi connectivity index (χ0v) is 13.0. The zero-order chi connectivity index (χ0) is 14.8. The van der Waals surface area contributed by atoms with Crippen molar-refractivity contribution >= 4 is 37.4 Å². The molecule has 2 aromatic carbocycles. The van der Waals surface area contributed by atoms with E-state index in [0.29, 0.717) is 11.3 Å². The van der Waals surface area contributed by atoms with Gasteiger partial charge in [-0.25, -0.2) is 8.42 Å². The Morgan fingerprint density at radius 3 is 2.35 bits per heavy atom. The van der Waals surface area contributed by atoms with Crippen molar-refractivity contribution in [2.24, 2.45) is 0 Å². The van der Waals surface area contributed by atoms with Gasteiger partial charge in [0, 0.05) is 15.7 Å². The number of halogens is 1. The first-order chi connectivity index (χ1) is 9.38. The molecule has 104 valence electrons. The van der Waals surface area contributed by atoms with Gasteiger partial charge in [0.05, 0.1) is 4.90 Å². The maximum absolute atomic E-state index is 12.2. The molecule has 0 heterocycles. The Hall–Kier alpha value is -1.66. The highest BCUT2D eigenvalue weighted by Gasteiger charge is 2.15. The fourth-order valence-electron chi connectivity index (χ4n) is 1.61. The smallest absolute Gasteiger partial charge is 0.261 e. The second-order valence-electron chi connectivity index (χ2n) is 4.20. The van der Waals surface area contributed by atoms with E-state index in [4.69, 9.17) is 0 Å². The lowest BCUT2D eigenvalue weighted by molar-refractivity contribution is 0.101. The molecule has 0 atom stereocenters. The standard InChI is InChI=1S/C14H12BrNO3S/c1-10(17)11-3-2-4-14(9-11)20(18,19)16-13-7-5-12(15)6-8-13/h2-9,16H,1H3. The summed E-state index contributed by atoms with van der Waals surface area (Å²) in [7, 11) is -3.70. The fraction of sp³-hybridized carbons (Fsp3) is 0.0714. The molecule has 2 rings (SSSR count). The number of rotatable bonds is 4. The number of hydrogen-bond donors (Lipinski definition) is 1. The van der Waals surface area contributed by atoms with E-state index in [9.17, 15) is 13.2 Å². The van der Waals surface area contributed by atoms with Crippen LogP contribution in [0, 0.1) is 0 Å². The van der Waals surface area contributed by atoms with Crippen LogP contribution in [0.15, 0.2) is 57.9 Å². The van der Waals surface area contributed by atoms with Gasteiger partial charge in [-0.1, -0.05) is 28.1 Å². The number of Topliss-reactive ketones (excluding diaryl/α,β-unsaturated/α-hetero) is 1. The van der Waals surface area contributed by atoms with E-state index in [1.54, 1.807) is 36.4 Å². The summed E-state index contributed by atoms with van der Waals surface area (Å²) < 4.78 is 27.8. The Morgan fingerprint density at radius 2 is 1.75 bits per heavy atom. The van der Waals surface area contributed by atoms with Gasteiger partial charge in [0.2, 0.25) is 0 Å². The summed E-state index contributed by atoms with van der Waals surface area (Å²) in [4.78, 5) is 11.4. The molecule has 0 aliphatic carbocycles. The van der Waals surface area contributed by atoms with Crippen LogP contribution >= 0.6 is 15.9 Å². The minimum atomic E-state index is -3.70. The Kier molecular flexibility index (Phi) is 4.25. The molecule has 2 aromatic rings. The van der Waals surface area contributed by atoms with Gasteiger partial charge in [0.1, 0.15) is 0 Å². The zero-order valence-electron chi connectivity index (χ0n) is 10.6. The molecule has 1 N–H and O–H groups in total. The molecule has 0 unspecified atom stereocenters. The Labute approximate surface area is 126 Å². The van der Waals surface area contributed by atoms with Crippen molar-refractivity contribution in [2.75, 3.05) is 4.72 Å². The first kappa shape index (κ1) is 14.7. The minimum Gasteiger partial charge on any atom is -0.295 e. The van der Waals surface area contributed by atoms with Crippen LogP contribution in [0.25, 0.3) is 0 Å².